The molecule has 0 aromatic carbocycles. The fraction of sp³-hybridized carbons (Fsp3) is 0.250. The molecule has 0 saturated carbocycles. The summed E-state index contributed by atoms with van der Waals surface area (Å²) in [6, 6.07) is 5.80. The number of rotatable bonds is 4. The highest BCUT2D eigenvalue weighted by atomic mass is 15.0. The lowest BCUT2D eigenvalue weighted by molar-refractivity contribution is 0.691. The van der Waals surface area contributed by atoms with Crippen molar-refractivity contribution in [2.24, 2.45) is 0 Å². The first kappa shape index (κ1) is 10.7. The van der Waals surface area contributed by atoms with Crippen LogP contribution in [0.15, 0.2) is 36.8 Å². The number of nitrogens with zero attached hydrogens (tertiary/aromatic N) is 3. The lowest BCUT2D eigenvalue weighted by atomic mass is 10.2. The summed E-state index contributed by atoms with van der Waals surface area (Å²) < 4.78 is 0. The quantitative estimate of drug-likeness (QED) is 0.840. The van der Waals surface area contributed by atoms with Gasteiger partial charge in [0.15, 0.2) is 0 Å². The van der Waals surface area contributed by atoms with Crippen LogP contribution in [0.3, 0.4) is 0 Å². The summed E-state index contributed by atoms with van der Waals surface area (Å²) in [6.07, 6.45) is 5.32. The Labute approximate surface area is 94.8 Å². The van der Waals surface area contributed by atoms with Gasteiger partial charge in [0.25, 0.3) is 0 Å². The third kappa shape index (κ3) is 2.61. The van der Waals surface area contributed by atoms with Crippen molar-refractivity contribution in [2.45, 2.75) is 13.5 Å². The molecule has 0 unspecified atom stereocenters. The molecule has 0 saturated heterocycles. The molecular formula is C12H14N4. The van der Waals surface area contributed by atoms with Crippen molar-refractivity contribution in [3.63, 3.8) is 0 Å². The standard InChI is InChI=1S/C12H14N4/c1-2-13-9-12-15-8-5-11(16-12)10-3-6-14-7-4-10/h3-8,13H,2,9H2,1H3. The number of hydrogen-bond acceptors (Lipinski definition) is 4. The Kier molecular flexibility index (Phi) is 3.56. The van der Waals surface area contributed by atoms with Crippen LogP contribution < -0.4 is 5.32 Å². The first-order valence-electron chi connectivity index (χ1n) is 5.33. The van der Waals surface area contributed by atoms with Crippen molar-refractivity contribution in [1.29, 1.82) is 0 Å². The zero-order valence-electron chi connectivity index (χ0n) is 9.22. The molecule has 4 nitrogen and oxygen atoms in total. The van der Waals surface area contributed by atoms with Crippen molar-refractivity contribution in [1.82, 2.24) is 20.3 Å². The van der Waals surface area contributed by atoms with E-state index in [1.54, 1.807) is 18.6 Å². The van der Waals surface area contributed by atoms with Crippen LogP contribution in [0.1, 0.15) is 12.7 Å². The molecule has 0 bridgehead atoms. The first-order valence-corrected chi connectivity index (χ1v) is 5.33. The Bertz CT molecular complexity index is 442. The molecule has 0 aliphatic rings. The van der Waals surface area contributed by atoms with E-state index in [2.05, 4.69) is 27.2 Å². The summed E-state index contributed by atoms with van der Waals surface area (Å²) in [6.45, 7) is 3.69. The Morgan fingerprint density at radius 3 is 2.69 bits per heavy atom. The summed E-state index contributed by atoms with van der Waals surface area (Å²) in [4.78, 5) is 12.7. The lowest BCUT2D eigenvalue weighted by Gasteiger charge is -2.03. The van der Waals surface area contributed by atoms with Crippen LogP contribution in [0.2, 0.25) is 0 Å². The van der Waals surface area contributed by atoms with Crippen LogP contribution in [-0.4, -0.2) is 21.5 Å². The van der Waals surface area contributed by atoms with E-state index in [1.807, 2.05) is 18.2 Å². The fourth-order valence-corrected chi connectivity index (χ4v) is 1.40. The maximum absolute atomic E-state index is 4.48. The van der Waals surface area contributed by atoms with Crippen molar-refractivity contribution in [3.05, 3.63) is 42.6 Å². The van der Waals surface area contributed by atoms with Crippen LogP contribution in [0.4, 0.5) is 0 Å². The summed E-state index contributed by atoms with van der Waals surface area (Å²) in [5.41, 5.74) is 2.00. The predicted octanol–water partition coefficient (Wildman–Crippen LogP) is 1.65. The van der Waals surface area contributed by atoms with Gasteiger partial charge >= 0.3 is 0 Å². The van der Waals surface area contributed by atoms with Crippen LogP contribution in [-0.2, 0) is 6.54 Å². The second kappa shape index (κ2) is 5.32. The number of hydrogen-bond donors (Lipinski definition) is 1. The molecule has 82 valence electrons. The number of nitrogens with one attached hydrogen (secondary N) is 1. The Morgan fingerprint density at radius 2 is 1.94 bits per heavy atom. The van der Waals surface area contributed by atoms with E-state index in [1.165, 1.54) is 0 Å². The van der Waals surface area contributed by atoms with Gasteiger partial charge in [-0.3, -0.25) is 4.98 Å². The van der Waals surface area contributed by atoms with Gasteiger partial charge in [-0.1, -0.05) is 6.92 Å². The molecular weight excluding hydrogens is 200 g/mol. The molecule has 0 fully saturated rings. The minimum absolute atomic E-state index is 0.704. The molecule has 1 N–H and O–H groups in total. The molecule has 0 amide bonds. The third-order valence-corrected chi connectivity index (χ3v) is 2.21. The van der Waals surface area contributed by atoms with E-state index in [9.17, 15) is 0 Å². The van der Waals surface area contributed by atoms with Crippen LogP contribution >= 0.6 is 0 Å². The molecule has 2 aromatic rings. The van der Waals surface area contributed by atoms with Crippen LogP contribution in [0.25, 0.3) is 11.3 Å². The van der Waals surface area contributed by atoms with Gasteiger partial charge in [-0.05, 0) is 24.7 Å². The molecule has 4 heteroatoms. The van der Waals surface area contributed by atoms with E-state index in [0.717, 1.165) is 23.6 Å². The molecule has 0 spiro atoms. The maximum Gasteiger partial charge on any atom is 0.142 e. The highest BCUT2D eigenvalue weighted by molar-refractivity contribution is 5.57. The summed E-state index contributed by atoms with van der Waals surface area (Å²) in [5.74, 6) is 0.816. The minimum atomic E-state index is 0.704. The minimum Gasteiger partial charge on any atom is -0.310 e. The highest BCUT2D eigenvalue weighted by Gasteiger charge is 2.00. The second-order valence-electron chi connectivity index (χ2n) is 3.37. The zero-order chi connectivity index (χ0) is 11.2. The third-order valence-electron chi connectivity index (χ3n) is 2.21. The van der Waals surface area contributed by atoms with E-state index in [0.29, 0.717) is 6.54 Å². The average molecular weight is 214 g/mol. The van der Waals surface area contributed by atoms with Crippen molar-refractivity contribution < 1.29 is 0 Å². The number of pyridine rings is 1. The molecule has 2 heterocycles. The van der Waals surface area contributed by atoms with Gasteiger partial charge in [-0.25, -0.2) is 9.97 Å². The van der Waals surface area contributed by atoms with Crippen molar-refractivity contribution >= 4 is 0 Å². The summed E-state index contributed by atoms with van der Waals surface area (Å²) in [7, 11) is 0. The van der Waals surface area contributed by atoms with E-state index in [-0.39, 0.29) is 0 Å². The molecule has 0 radical (unpaired) electrons. The van der Waals surface area contributed by atoms with Gasteiger partial charge in [0.2, 0.25) is 0 Å². The normalized spacial score (nSPS) is 10.3. The molecule has 0 aliphatic carbocycles. The van der Waals surface area contributed by atoms with Gasteiger partial charge in [0.1, 0.15) is 5.82 Å². The first-order chi connectivity index (χ1) is 7.90. The van der Waals surface area contributed by atoms with Gasteiger partial charge in [-0.2, -0.15) is 0 Å². The Hall–Kier alpha value is -1.81. The SMILES string of the molecule is CCNCc1nccc(-c2ccncc2)n1. The predicted molar refractivity (Wildman–Crippen MR) is 62.6 cm³/mol. The molecule has 0 aliphatic heterocycles. The summed E-state index contributed by atoms with van der Waals surface area (Å²) >= 11 is 0. The van der Waals surface area contributed by atoms with E-state index in [4.69, 9.17) is 0 Å². The van der Waals surface area contributed by atoms with Crippen LogP contribution in [0, 0.1) is 0 Å². The monoisotopic (exact) mass is 214 g/mol. The maximum atomic E-state index is 4.48. The van der Waals surface area contributed by atoms with Gasteiger partial charge in [-0.15, -0.1) is 0 Å². The second-order valence-corrected chi connectivity index (χ2v) is 3.37. The topological polar surface area (TPSA) is 50.7 Å². The van der Waals surface area contributed by atoms with E-state index < -0.39 is 0 Å². The molecule has 2 aromatic heterocycles. The van der Waals surface area contributed by atoms with Crippen LogP contribution in [0.5, 0.6) is 0 Å². The largest absolute Gasteiger partial charge is 0.310 e. The molecule has 0 atom stereocenters. The zero-order valence-corrected chi connectivity index (χ0v) is 9.22. The van der Waals surface area contributed by atoms with Gasteiger partial charge in [0.05, 0.1) is 12.2 Å². The van der Waals surface area contributed by atoms with Crippen molar-refractivity contribution in [3.8, 4) is 11.3 Å². The van der Waals surface area contributed by atoms with Crippen molar-refractivity contribution in [2.75, 3.05) is 6.54 Å². The average Bonchev–Trinajstić information content (AvgIpc) is 2.38. The summed E-state index contributed by atoms with van der Waals surface area (Å²) in [5, 5.41) is 3.21. The molecule has 2 rings (SSSR count). The smallest absolute Gasteiger partial charge is 0.142 e. The van der Waals surface area contributed by atoms with Gasteiger partial charge in [0, 0.05) is 24.2 Å². The Balaban J connectivity index is 2.22. The Morgan fingerprint density at radius 1 is 1.12 bits per heavy atom. The molecule has 16 heavy (non-hydrogen) atoms. The van der Waals surface area contributed by atoms with Gasteiger partial charge < -0.3 is 5.32 Å². The lowest BCUT2D eigenvalue weighted by Crippen LogP contribution is -2.14. The highest BCUT2D eigenvalue weighted by Crippen LogP contribution is 2.14. The van der Waals surface area contributed by atoms with E-state index >= 15 is 0 Å². The fourth-order valence-electron chi connectivity index (χ4n) is 1.40. The number of aromatic nitrogens is 3.